The predicted octanol–water partition coefficient (Wildman–Crippen LogP) is 4.45. The van der Waals surface area contributed by atoms with Crippen molar-refractivity contribution in [2.75, 3.05) is 51.3 Å². The smallest absolute Gasteiger partial charge is 0.294 e. The number of nitrogens with one attached hydrogen (secondary N) is 1. The lowest BCUT2D eigenvalue weighted by atomic mass is 10.1. The van der Waals surface area contributed by atoms with E-state index >= 15 is 0 Å². The summed E-state index contributed by atoms with van der Waals surface area (Å²) in [6.07, 6.45) is 15.5. The molecule has 2 rings (SSSR count). The number of piperazine rings is 1. The van der Waals surface area contributed by atoms with E-state index in [1.54, 1.807) is 6.20 Å². The van der Waals surface area contributed by atoms with Crippen molar-refractivity contribution < 1.29 is 14.7 Å². The maximum Gasteiger partial charge on any atom is 0.294 e. The Morgan fingerprint density at radius 3 is 2.03 bits per heavy atom. The fourth-order valence-electron chi connectivity index (χ4n) is 4.18. The van der Waals surface area contributed by atoms with Crippen LogP contribution in [0.15, 0.2) is 18.3 Å². The van der Waals surface area contributed by atoms with Crippen LogP contribution in [0, 0.1) is 10.1 Å². The van der Waals surface area contributed by atoms with Gasteiger partial charge in [0.2, 0.25) is 0 Å². The van der Waals surface area contributed by atoms with Gasteiger partial charge in [-0.2, -0.15) is 0 Å². The summed E-state index contributed by atoms with van der Waals surface area (Å²) in [5.74, 6) is 0.910. The van der Waals surface area contributed by atoms with Crippen molar-refractivity contribution in [3.8, 4) is 0 Å². The van der Waals surface area contributed by atoms with E-state index in [0.29, 0.717) is 12.1 Å². The molecule has 1 aromatic rings. The van der Waals surface area contributed by atoms with Crippen LogP contribution in [-0.2, 0) is 4.84 Å². The average molecular weight is 478 g/mol. The van der Waals surface area contributed by atoms with Crippen LogP contribution in [0.2, 0.25) is 0 Å². The lowest BCUT2D eigenvalue weighted by Crippen LogP contribution is -2.44. The molecular formula is C25H43N5O4. The number of aromatic nitrogens is 1. The maximum absolute atomic E-state index is 12.3. The molecule has 0 unspecified atom stereocenters. The predicted molar refractivity (Wildman–Crippen MR) is 135 cm³/mol. The van der Waals surface area contributed by atoms with Crippen molar-refractivity contribution in [2.24, 2.45) is 0 Å². The Morgan fingerprint density at radius 2 is 1.50 bits per heavy atom. The Morgan fingerprint density at radius 1 is 0.941 bits per heavy atom. The summed E-state index contributed by atoms with van der Waals surface area (Å²) in [6, 6.07) is 3.83. The summed E-state index contributed by atoms with van der Waals surface area (Å²) in [5, 5.41) is 12.3. The molecule has 2 heterocycles. The van der Waals surface area contributed by atoms with E-state index < -0.39 is 5.09 Å². The summed E-state index contributed by atoms with van der Waals surface area (Å²) < 4.78 is 0. The molecular weight excluding hydrogens is 434 g/mol. The highest BCUT2D eigenvalue weighted by molar-refractivity contribution is 5.94. The van der Waals surface area contributed by atoms with Gasteiger partial charge in [-0.05, 0) is 32.0 Å². The molecule has 0 aromatic carbocycles. The van der Waals surface area contributed by atoms with Gasteiger partial charge in [-0.3, -0.25) is 4.79 Å². The fourth-order valence-corrected chi connectivity index (χ4v) is 4.18. The Labute approximate surface area is 204 Å². The van der Waals surface area contributed by atoms with Crippen LogP contribution >= 0.6 is 0 Å². The van der Waals surface area contributed by atoms with Gasteiger partial charge in [0.05, 0.1) is 12.2 Å². The minimum absolute atomic E-state index is 0.0391. The number of anilines is 1. The highest BCUT2D eigenvalue weighted by Gasteiger charge is 2.15. The first-order chi connectivity index (χ1) is 16.6. The number of amides is 1. The molecule has 0 spiro atoms. The molecule has 34 heavy (non-hydrogen) atoms. The molecule has 1 aliphatic heterocycles. The normalized spacial score (nSPS) is 14.2. The number of nitrogens with zero attached hydrogens (tertiary/aromatic N) is 4. The standard InChI is InChI=1S/C25H43N5O4/c1-28-17-19-29(20-18-28)24-15-14-23(22-27-24)25(31)26-16-12-10-8-6-4-2-3-5-7-9-11-13-21-34-30(32)33/h14-15,22H,2-13,16-21H2,1H3,(H,26,31). The van der Waals surface area contributed by atoms with Gasteiger partial charge in [0.25, 0.3) is 11.0 Å². The third kappa shape index (κ3) is 12.2. The van der Waals surface area contributed by atoms with E-state index in [2.05, 4.69) is 32.0 Å². The molecule has 1 N–H and O–H groups in total. The molecule has 0 saturated carbocycles. The van der Waals surface area contributed by atoms with E-state index in [0.717, 1.165) is 64.1 Å². The largest absolute Gasteiger partial charge is 0.354 e. The van der Waals surface area contributed by atoms with Gasteiger partial charge < -0.3 is 20.0 Å². The van der Waals surface area contributed by atoms with E-state index in [-0.39, 0.29) is 12.5 Å². The van der Waals surface area contributed by atoms with Crippen molar-refractivity contribution >= 4 is 11.7 Å². The monoisotopic (exact) mass is 477 g/mol. The van der Waals surface area contributed by atoms with Gasteiger partial charge in [-0.25, -0.2) is 4.98 Å². The van der Waals surface area contributed by atoms with Crippen molar-refractivity contribution in [3.05, 3.63) is 34.0 Å². The summed E-state index contributed by atoms with van der Waals surface area (Å²) in [4.78, 5) is 35.7. The Bertz CT molecular complexity index is 693. The zero-order valence-electron chi connectivity index (χ0n) is 20.9. The Kier molecular flexibility index (Phi) is 14.0. The number of pyridine rings is 1. The molecule has 9 heteroatoms. The van der Waals surface area contributed by atoms with Crippen molar-refractivity contribution in [1.29, 1.82) is 0 Å². The third-order valence-electron chi connectivity index (χ3n) is 6.39. The van der Waals surface area contributed by atoms with Crippen molar-refractivity contribution in [2.45, 2.75) is 77.0 Å². The number of carbonyl (C=O) groups excluding carboxylic acids is 1. The van der Waals surface area contributed by atoms with E-state index in [4.69, 9.17) is 0 Å². The van der Waals surface area contributed by atoms with E-state index in [1.165, 1.54) is 44.9 Å². The highest BCUT2D eigenvalue weighted by Crippen LogP contribution is 2.14. The van der Waals surface area contributed by atoms with Gasteiger partial charge in [-0.1, -0.05) is 64.2 Å². The van der Waals surface area contributed by atoms with Crippen molar-refractivity contribution in [3.63, 3.8) is 0 Å². The number of unbranched alkanes of at least 4 members (excludes halogenated alkanes) is 11. The molecule has 1 aliphatic rings. The van der Waals surface area contributed by atoms with Gasteiger partial charge in [0.1, 0.15) is 5.82 Å². The molecule has 1 aromatic heterocycles. The van der Waals surface area contributed by atoms with Crippen LogP contribution in [0.4, 0.5) is 5.82 Å². The highest BCUT2D eigenvalue weighted by atomic mass is 16.9. The minimum atomic E-state index is -0.720. The van der Waals surface area contributed by atoms with Gasteiger partial charge in [0, 0.05) is 38.9 Å². The Hall–Kier alpha value is -2.42. The summed E-state index contributed by atoms with van der Waals surface area (Å²) in [5.41, 5.74) is 0.628. The molecule has 0 bridgehead atoms. The van der Waals surface area contributed by atoms with Crippen LogP contribution < -0.4 is 10.2 Å². The summed E-state index contributed by atoms with van der Waals surface area (Å²) >= 11 is 0. The second kappa shape index (κ2) is 17.1. The second-order valence-corrected chi connectivity index (χ2v) is 9.25. The number of rotatable bonds is 18. The minimum Gasteiger partial charge on any atom is -0.354 e. The van der Waals surface area contributed by atoms with E-state index in [1.807, 2.05) is 12.1 Å². The van der Waals surface area contributed by atoms with Crippen LogP contribution in [-0.4, -0.2) is 67.3 Å². The first-order valence-electron chi connectivity index (χ1n) is 13.0. The first kappa shape index (κ1) is 27.8. The molecule has 192 valence electrons. The molecule has 9 nitrogen and oxygen atoms in total. The summed E-state index contributed by atoms with van der Waals surface area (Å²) in [7, 11) is 2.13. The number of hydrogen-bond acceptors (Lipinski definition) is 7. The zero-order chi connectivity index (χ0) is 24.4. The van der Waals surface area contributed by atoms with E-state index in [9.17, 15) is 14.9 Å². The molecule has 0 radical (unpaired) electrons. The van der Waals surface area contributed by atoms with Crippen molar-refractivity contribution in [1.82, 2.24) is 15.2 Å². The molecule has 0 atom stereocenters. The number of hydrogen-bond donors (Lipinski definition) is 1. The SMILES string of the molecule is CN1CCN(c2ccc(C(=O)NCCCCCCCCCCCCCCO[N+](=O)[O-])cn2)CC1. The van der Waals surface area contributed by atoms with Gasteiger partial charge in [-0.15, -0.1) is 10.1 Å². The molecule has 1 amide bonds. The second-order valence-electron chi connectivity index (χ2n) is 9.25. The quantitative estimate of drug-likeness (QED) is 0.189. The lowest BCUT2D eigenvalue weighted by molar-refractivity contribution is -0.757. The maximum atomic E-state index is 12.3. The first-order valence-corrected chi connectivity index (χ1v) is 13.0. The third-order valence-corrected chi connectivity index (χ3v) is 6.39. The molecule has 1 saturated heterocycles. The van der Waals surface area contributed by atoms with Crippen LogP contribution in [0.5, 0.6) is 0 Å². The number of carbonyl (C=O) groups is 1. The fraction of sp³-hybridized carbons (Fsp3) is 0.760. The average Bonchev–Trinajstić information content (AvgIpc) is 2.84. The van der Waals surface area contributed by atoms with Crippen LogP contribution in [0.1, 0.15) is 87.4 Å². The molecule has 0 aliphatic carbocycles. The lowest BCUT2D eigenvalue weighted by Gasteiger charge is -2.33. The van der Waals surface area contributed by atoms with Crippen LogP contribution in [0.25, 0.3) is 0 Å². The zero-order valence-corrected chi connectivity index (χ0v) is 20.9. The molecule has 1 fully saturated rings. The van der Waals surface area contributed by atoms with Crippen LogP contribution in [0.3, 0.4) is 0 Å². The van der Waals surface area contributed by atoms with Gasteiger partial charge >= 0.3 is 0 Å². The van der Waals surface area contributed by atoms with Gasteiger partial charge in [0.15, 0.2) is 0 Å². The summed E-state index contributed by atoms with van der Waals surface area (Å²) in [6.45, 7) is 4.96. The topological polar surface area (TPSA) is 101 Å². The number of likely N-dealkylation sites (N-methyl/N-ethyl adjacent to an activating group) is 1. The Balaban J connectivity index is 1.39.